The highest BCUT2D eigenvalue weighted by atomic mass is 31.2. The SMILES string of the molecule is CCCN(CCC(O)(P(=O)(O)O)P(=O)(O)O)CC1CCCCC1. The van der Waals surface area contributed by atoms with Gasteiger partial charge in [0.25, 0.3) is 5.08 Å². The van der Waals surface area contributed by atoms with E-state index in [1.165, 1.54) is 19.3 Å². The van der Waals surface area contributed by atoms with Crippen LogP contribution >= 0.6 is 15.2 Å². The number of hydrogen-bond acceptors (Lipinski definition) is 4. The summed E-state index contributed by atoms with van der Waals surface area (Å²) in [5, 5.41) is 6.65. The molecule has 0 amide bonds. The van der Waals surface area contributed by atoms with Crippen molar-refractivity contribution in [3.63, 3.8) is 0 Å². The van der Waals surface area contributed by atoms with Gasteiger partial charge in [0.2, 0.25) is 0 Å². The van der Waals surface area contributed by atoms with E-state index in [-0.39, 0.29) is 6.54 Å². The van der Waals surface area contributed by atoms with Crippen LogP contribution in [-0.4, -0.2) is 54.3 Å². The van der Waals surface area contributed by atoms with E-state index < -0.39 is 26.7 Å². The van der Waals surface area contributed by atoms with Gasteiger partial charge in [-0.2, -0.15) is 0 Å². The Kier molecular flexibility index (Phi) is 7.90. The van der Waals surface area contributed by atoms with Gasteiger partial charge >= 0.3 is 15.2 Å². The van der Waals surface area contributed by atoms with E-state index in [1.807, 2.05) is 11.8 Å². The molecule has 0 bridgehead atoms. The predicted octanol–water partition coefficient (Wildman–Crippen LogP) is 1.67. The molecule has 0 spiro atoms. The fraction of sp³-hybridized carbons (Fsp3) is 1.00. The minimum Gasteiger partial charge on any atom is -0.367 e. The molecule has 23 heavy (non-hydrogen) atoms. The van der Waals surface area contributed by atoms with Gasteiger partial charge in [0, 0.05) is 19.5 Å². The van der Waals surface area contributed by atoms with Crippen molar-refractivity contribution >= 4 is 15.2 Å². The molecule has 0 atom stereocenters. The topological polar surface area (TPSA) is 139 Å². The summed E-state index contributed by atoms with van der Waals surface area (Å²) < 4.78 is 22.8. The second-order valence-corrected chi connectivity index (χ2v) is 10.4. The van der Waals surface area contributed by atoms with Gasteiger partial charge in [-0.3, -0.25) is 9.13 Å². The quantitative estimate of drug-likeness (QED) is 0.385. The fourth-order valence-electron chi connectivity index (χ4n) is 3.11. The molecule has 0 saturated heterocycles. The lowest BCUT2D eigenvalue weighted by Crippen LogP contribution is -2.38. The summed E-state index contributed by atoms with van der Waals surface area (Å²) in [6.45, 7) is 3.39. The third-order valence-electron chi connectivity index (χ3n) is 4.48. The fourth-order valence-corrected chi connectivity index (χ4v) is 5.25. The molecule has 5 N–H and O–H groups in total. The van der Waals surface area contributed by atoms with Crippen LogP contribution in [0.1, 0.15) is 51.9 Å². The largest absolute Gasteiger partial charge is 0.369 e. The third-order valence-corrected chi connectivity index (χ3v) is 8.35. The molecule has 0 aromatic carbocycles. The van der Waals surface area contributed by atoms with E-state index >= 15 is 0 Å². The van der Waals surface area contributed by atoms with Crippen LogP contribution < -0.4 is 0 Å². The molecule has 1 saturated carbocycles. The monoisotopic (exact) mass is 373 g/mol. The van der Waals surface area contributed by atoms with Gasteiger partial charge in [-0.05, 0) is 31.7 Å². The smallest absolute Gasteiger partial charge is 0.367 e. The van der Waals surface area contributed by atoms with Crippen molar-refractivity contribution in [3.8, 4) is 0 Å². The van der Waals surface area contributed by atoms with Crippen LogP contribution in [0.15, 0.2) is 0 Å². The molecule has 138 valence electrons. The Morgan fingerprint density at radius 2 is 1.52 bits per heavy atom. The van der Waals surface area contributed by atoms with Gasteiger partial charge in [-0.25, -0.2) is 0 Å². The average Bonchev–Trinajstić information content (AvgIpc) is 2.43. The number of nitrogens with zero attached hydrogens (tertiary/aromatic N) is 1. The Labute approximate surface area is 137 Å². The lowest BCUT2D eigenvalue weighted by Gasteiger charge is -2.34. The van der Waals surface area contributed by atoms with Crippen LogP contribution in [0.25, 0.3) is 0 Å². The first-order chi connectivity index (χ1) is 10.5. The molecule has 0 aromatic rings. The Bertz CT molecular complexity index is 433. The zero-order valence-corrected chi connectivity index (χ0v) is 15.3. The van der Waals surface area contributed by atoms with Crippen molar-refractivity contribution in [1.82, 2.24) is 4.90 Å². The highest BCUT2D eigenvalue weighted by Crippen LogP contribution is 2.68. The average molecular weight is 373 g/mol. The van der Waals surface area contributed by atoms with Crippen LogP contribution in [0, 0.1) is 5.92 Å². The van der Waals surface area contributed by atoms with Gasteiger partial charge in [0.15, 0.2) is 0 Å². The van der Waals surface area contributed by atoms with E-state index in [0.717, 1.165) is 25.8 Å². The summed E-state index contributed by atoms with van der Waals surface area (Å²) in [7, 11) is -10.7. The summed E-state index contributed by atoms with van der Waals surface area (Å²) in [6, 6.07) is 0. The lowest BCUT2D eigenvalue weighted by atomic mass is 9.89. The number of aliphatic hydroxyl groups is 1. The van der Waals surface area contributed by atoms with E-state index in [9.17, 15) is 33.8 Å². The molecule has 0 heterocycles. The number of rotatable bonds is 9. The maximum absolute atomic E-state index is 11.4. The summed E-state index contributed by atoms with van der Waals surface area (Å²) >= 11 is 0. The highest BCUT2D eigenvalue weighted by Gasteiger charge is 2.58. The molecule has 10 heteroatoms. The zero-order valence-electron chi connectivity index (χ0n) is 13.5. The van der Waals surface area contributed by atoms with Gasteiger partial charge in [0.05, 0.1) is 0 Å². The first-order valence-corrected chi connectivity index (χ1v) is 11.3. The summed E-state index contributed by atoms with van der Waals surface area (Å²) in [5.41, 5.74) is 0. The standard InChI is InChI=1S/C13H29NO7P2/c1-2-9-14(11-12-6-4-3-5-7-12)10-8-13(15,22(16,17)18)23(19,20)21/h12,15H,2-11H2,1H3,(H2,16,17,18)(H2,19,20,21). The van der Waals surface area contributed by atoms with Gasteiger partial charge in [-0.15, -0.1) is 0 Å². The Morgan fingerprint density at radius 3 is 1.96 bits per heavy atom. The van der Waals surface area contributed by atoms with E-state index in [0.29, 0.717) is 12.5 Å². The van der Waals surface area contributed by atoms with E-state index in [4.69, 9.17) is 0 Å². The van der Waals surface area contributed by atoms with Crippen molar-refractivity contribution in [2.75, 3.05) is 19.6 Å². The van der Waals surface area contributed by atoms with Crippen molar-refractivity contribution < 1.29 is 33.8 Å². The van der Waals surface area contributed by atoms with Crippen LogP contribution in [0.5, 0.6) is 0 Å². The van der Waals surface area contributed by atoms with E-state index in [2.05, 4.69) is 0 Å². The highest BCUT2D eigenvalue weighted by molar-refractivity contribution is 7.72. The molecular formula is C13H29NO7P2. The zero-order chi connectivity index (χ0) is 17.7. The minimum atomic E-state index is -5.36. The second-order valence-electron chi connectivity index (χ2n) is 6.42. The van der Waals surface area contributed by atoms with Crippen molar-refractivity contribution in [3.05, 3.63) is 0 Å². The summed E-state index contributed by atoms with van der Waals surface area (Å²) in [4.78, 5) is 38.7. The second kappa shape index (κ2) is 8.54. The Hall–Kier alpha value is 0.220. The summed E-state index contributed by atoms with van der Waals surface area (Å²) in [5.74, 6) is 0.494. The van der Waals surface area contributed by atoms with Crippen molar-refractivity contribution in [1.29, 1.82) is 0 Å². The first-order valence-electron chi connectivity index (χ1n) is 8.07. The Morgan fingerprint density at radius 1 is 1.00 bits per heavy atom. The van der Waals surface area contributed by atoms with Crippen LogP contribution in [0.2, 0.25) is 0 Å². The Balaban J connectivity index is 2.74. The van der Waals surface area contributed by atoms with Gasteiger partial charge < -0.3 is 29.6 Å². The molecule has 1 rings (SSSR count). The van der Waals surface area contributed by atoms with Gasteiger partial charge in [-0.1, -0.05) is 26.2 Å². The minimum absolute atomic E-state index is 0.0388. The number of hydrogen-bond donors (Lipinski definition) is 5. The predicted molar refractivity (Wildman–Crippen MR) is 87.0 cm³/mol. The maximum Gasteiger partial charge on any atom is 0.369 e. The third kappa shape index (κ3) is 5.91. The van der Waals surface area contributed by atoms with Gasteiger partial charge in [0.1, 0.15) is 0 Å². The molecule has 1 fully saturated rings. The summed E-state index contributed by atoms with van der Waals surface area (Å²) in [6.07, 6.45) is 5.91. The molecular weight excluding hydrogens is 344 g/mol. The molecule has 0 aromatic heterocycles. The van der Waals surface area contributed by atoms with E-state index in [1.54, 1.807) is 0 Å². The van der Waals surface area contributed by atoms with Crippen LogP contribution in [-0.2, 0) is 9.13 Å². The first kappa shape index (κ1) is 21.3. The maximum atomic E-state index is 11.4. The molecule has 0 radical (unpaired) electrons. The molecule has 0 aliphatic heterocycles. The molecule has 8 nitrogen and oxygen atoms in total. The van der Waals surface area contributed by atoms with Crippen LogP contribution in [0.3, 0.4) is 0 Å². The molecule has 1 aliphatic rings. The van der Waals surface area contributed by atoms with Crippen LogP contribution in [0.4, 0.5) is 0 Å². The van der Waals surface area contributed by atoms with Crippen molar-refractivity contribution in [2.45, 2.75) is 57.0 Å². The normalized spacial score (nSPS) is 18.6. The molecule has 1 aliphatic carbocycles. The molecule has 0 unspecified atom stereocenters. The lowest BCUT2D eigenvalue weighted by molar-refractivity contribution is 0.102. The van der Waals surface area contributed by atoms with Crippen molar-refractivity contribution in [2.24, 2.45) is 5.92 Å².